The number of alkyl halides is 3. The van der Waals surface area contributed by atoms with Crippen molar-refractivity contribution in [3.05, 3.63) is 46.0 Å². The van der Waals surface area contributed by atoms with E-state index in [4.69, 9.17) is 0 Å². The van der Waals surface area contributed by atoms with E-state index in [1.807, 2.05) is 6.07 Å². The maximum Gasteiger partial charge on any atom is 0.393 e. The Morgan fingerprint density at radius 2 is 1.91 bits per heavy atom. The number of carbonyl (C=O) groups is 1. The number of carbonyl (C=O) groups excluding carboxylic acids is 1. The number of halogens is 3. The molecular formula is C31H36F3N9OS. The van der Waals surface area contributed by atoms with Crippen molar-refractivity contribution in [3.63, 3.8) is 0 Å². The van der Waals surface area contributed by atoms with E-state index in [0.29, 0.717) is 53.9 Å². The minimum absolute atomic E-state index is 0.0367. The van der Waals surface area contributed by atoms with Crippen LogP contribution in [0.1, 0.15) is 34.5 Å². The number of hydrogen-bond donors (Lipinski definition) is 3. The van der Waals surface area contributed by atoms with Gasteiger partial charge in [-0.15, -0.1) is 11.3 Å². The second kappa shape index (κ2) is 12.8. The third-order valence-corrected chi connectivity index (χ3v) is 9.73. The Morgan fingerprint density at radius 3 is 2.62 bits per heavy atom. The van der Waals surface area contributed by atoms with Crippen molar-refractivity contribution >= 4 is 50.1 Å². The zero-order chi connectivity index (χ0) is 31.7. The van der Waals surface area contributed by atoms with Gasteiger partial charge in [0.05, 0.1) is 18.4 Å². The molecule has 10 nitrogen and oxygen atoms in total. The number of aryl methyl sites for hydroxylation is 1. The first-order valence-electron chi connectivity index (χ1n) is 15.1. The summed E-state index contributed by atoms with van der Waals surface area (Å²) < 4.78 is 41.2. The lowest BCUT2D eigenvalue weighted by Crippen LogP contribution is -2.48. The topological polar surface area (TPSA) is 114 Å². The highest BCUT2D eigenvalue weighted by Gasteiger charge is 2.30. The molecule has 1 amide bonds. The Morgan fingerprint density at radius 1 is 1.11 bits per heavy atom. The predicted molar refractivity (Wildman–Crippen MR) is 169 cm³/mol. The SMILES string of the molecule is CNc1nc(NC2CCN(Cc3ccc4c(cc(C#N)n4CCN4CCNC(=O)C4)c3C)CC2)c2cc(CC(F)(F)F)sc2n1. The number of likely N-dealkylation sites (tertiary alicyclic amines) is 1. The van der Waals surface area contributed by atoms with Crippen LogP contribution in [-0.2, 0) is 24.3 Å². The number of hydrogen-bond acceptors (Lipinski definition) is 9. The Bertz CT molecular complexity index is 1750. The number of fused-ring (bicyclic) bond motifs is 2. The number of nitriles is 1. The van der Waals surface area contributed by atoms with Crippen LogP contribution >= 0.6 is 11.3 Å². The molecule has 45 heavy (non-hydrogen) atoms. The fraction of sp³-hybridized carbons (Fsp3) is 0.484. The maximum atomic E-state index is 13.0. The van der Waals surface area contributed by atoms with Gasteiger partial charge in [0.2, 0.25) is 11.9 Å². The van der Waals surface area contributed by atoms with Gasteiger partial charge in [0.15, 0.2) is 0 Å². The number of aromatic nitrogens is 3. The summed E-state index contributed by atoms with van der Waals surface area (Å²) in [5.74, 6) is 0.978. The molecule has 2 aliphatic rings. The Labute approximate surface area is 263 Å². The standard InChI is InChI=1S/C31H36F3N9OS/c1-19-20(3-4-26-24(19)13-22(16-35)43(26)12-11-42-10-7-37-27(44)18-42)17-41-8-5-21(6-9-41)38-28-25-14-23(15-31(32,33)34)45-29(25)40-30(36-2)39-28/h3-4,13-14,21H,5-12,15,17-18H2,1-2H3,(H,37,44)(H2,36,38,39,40). The van der Waals surface area contributed by atoms with Gasteiger partial charge in [-0.2, -0.15) is 23.4 Å². The van der Waals surface area contributed by atoms with Gasteiger partial charge in [0, 0.05) is 74.7 Å². The van der Waals surface area contributed by atoms with E-state index in [9.17, 15) is 23.2 Å². The number of anilines is 2. The first-order valence-corrected chi connectivity index (χ1v) is 16.0. The third kappa shape index (κ3) is 7.00. The van der Waals surface area contributed by atoms with Gasteiger partial charge in [-0.05, 0) is 49.1 Å². The van der Waals surface area contributed by atoms with Crippen molar-refractivity contribution in [3.8, 4) is 6.07 Å². The van der Waals surface area contributed by atoms with Crippen LogP contribution in [0.3, 0.4) is 0 Å². The van der Waals surface area contributed by atoms with E-state index in [-0.39, 0.29) is 16.8 Å². The fourth-order valence-corrected chi connectivity index (χ4v) is 7.36. The highest BCUT2D eigenvalue weighted by atomic mass is 32.1. The molecular weight excluding hydrogens is 603 g/mol. The molecule has 3 N–H and O–H groups in total. The van der Waals surface area contributed by atoms with Gasteiger partial charge in [-0.25, -0.2) is 4.98 Å². The van der Waals surface area contributed by atoms with Gasteiger partial charge in [0.1, 0.15) is 22.4 Å². The van der Waals surface area contributed by atoms with Crippen LogP contribution in [0, 0.1) is 18.3 Å². The number of nitrogens with one attached hydrogen (secondary N) is 3. The molecule has 238 valence electrons. The minimum Gasteiger partial charge on any atom is -0.367 e. The highest BCUT2D eigenvalue weighted by molar-refractivity contribution is 7.18. The molecule has 0 spiro atoms. The summed E-state index contributed by atoms with van der Waals surface area (Å²) in [4.78, 5) is 26.0. The second-order valence-corrected chi connectivity index (χ2v) is 12.9. The molecule has 6 rings (SSSR count). The molecule has 0 unspecified atom stereocenters. The first kappa shape index (κ1) is 31.1. The van der Waals surface area contributed by atoms with Gasteiger partial charge < -0.3 is 20.5 Å². The number of amides is 1. The van der Waals surface area contributed by atoms with E-state index < -0.39 is 12.6 Å². The number of thiophene rings is 1. The molecule has 0 atom stereocenters. The molecule has 3 aromatic heterocycles. The average molecular weight is 640 g/mol. The number of nitrogens with zero attached hydrogens (tertiary/aromatic N) is 6. The summed E-state index contributed by atoms with van der Waals surface area (Å²) >= 11 is 1.05. The molecule has 4 aromatic rings. The van der Waals surface area contributed by atoms with Crippen molar-refractivity contribution in [1.29, 1.82) is 5.26 Å². The first-order chi connectivity index (χ1) is 21.6. The molecule has 1 aromatic carbocycles. The maximum absolute atomic E-state index is 13.0. The van der Waals surface area contributed by atoms with Crippen LogP contribution in [-0.4, -0.2) is 88.8 Å². The van der Waals surface area contributed by atoms with Gasteiger partial charge in [-0.1, -0.05) is 6.07 Å². The van der Waals surface area contributed by atoms with E-state index in [1.165, 1.54) is 5.56 Å². The molecule has 0 bridgehead atoms. The van der Waals surface area contributed by atoms with Crippen molar-refractivity contribution in [2.24, 2.45) is 0 Å². The van der Waals surface area contributed by atoms with E-state index >= 15 is 0 Å². The molecule has 5 heterocycles. The summed E-state index contributed by atoms with van der Waals surface area (Å²) in [6.07, 6.45) is -3.53. The predicted octanol–water partition coefficient (Wildman–Crippen LogP) is 4.48. The Balaban J connectivity index is 1.11. The van der Waals surface area contributed by atoms with Crippen LogP contribution in [0.25, 0.3) is 21.1 Å². The van der Waals surface area contributed by atoms with E-state index in [1.54, 1.807) is 13.1 Å². The van der Waals surface area contributed by atoms with Crippen LogP contribution in [0.4, 0.5) is 24.9 Å². The summed E-state index contributed by atoms with van der Waals surface area (Å²) in [5, 5.41) is 20.8. The molecule has 0 radical (unpaired) electrons. The van der Waals surface area contributed by atoms with Crippen LogP contribution in [0.2, 0.25) is 0 Å². The summed E-state index contributed by atoms with van der Waals surface area (Å²) in [5.41, 5.74) is 4.03. The highest BCUT2D eigenvalue weighted by Crippen LogP contribution is 2.35. The second-order valence-electron chi connectivity index (χ2n) is 11.8. The number of piperazine rings is 1. The molecule has 2 fully saturated rings. The smallest absolute Gasteiger partial charge is 0.367 e. The number of rotatable bonds is 9. The fourth-order valence-electron chi connectivity index (χ4n) is 6.30. The van der Waals surface area contributed by atoms with Crippen LogP contribution in [0.15, 0.2) is 24.3 Å². The van der Waals surface area contributed by atoms with Gasteiger partial charge in [0.25, 0.3) is 0 Å². The average Bonchev–Trinajstić information content (AvgIpc) is 3.58. The summed E-state index contributed by atoms with van der Waals surface area (Å²) in [6, 6.07) is 10.3. The normalized spacial score (nSPS) is 17.1. The largest absolute Gasteiger partial charge is 0.393 e. The molecule has 14 heteroatoms. The number of piperidine rings is 1. The van der Waals surface area contributed by atoms with Gasteiger partial charge >= 0.3 is 6.18 Å². The molecule has 2 aliphatic heterocycles. The minimum atomic E-state index is -4.28. The lowest BCUT2D eigenvalue weighted by Gasteiger charge is -2.33. The lowest BCUT2D eigenvalue weighted by atomic mass is 10.0. The van der Waals surface area contributed by atoms with Crippen LogP contribution in [0.5, 0.6) is 0 Å². The van der Waals surface area contributed by atoms with Crippen molar-refractivity contribution < 1.29 is 18.0 Å². The van der Waals surface area contributed by atoms with Crippen LogP contribution < -0.4 is 16.0 Å². The number of benzene rings is 1. The Kier molecular flexibility index (Phi) is 8.85. The van der Waals surface area contributed by atoms with Gasteiger partial charge in [-0.3, -0.25) is 14.6 Å². The molecule has 0 saturated carbocycles. The molecule has 0 aliphatic carbocycles. The third-order valence-electron chi connectivity index (χ3n) is 8.70. The van der Waals surface area contributed by atoms with E-state index in [2.05, 4.69) is 65.4 Å². The monoisotopic (exact) mass is 639 g/mol. The Hall–Kier alpha value is -3.93. The zero-order valence-corrected chi connectivity index (χ0v) is 26.1. The quantitative estimate of drug-likeness (QED) is 0.246. The van der Waals surface area contributed by atoms with Crippen molar-refractivity contribution in [1.82, 2.24) is 29.7 Å². The zero-order valence-electron chi connectivity index (χ0n) is 25.3. The lowest BCUT2D eigenvalue weighted by molar-refractivity contribution is -0.126. The van der Waals surface area contributed by atoms with Crippen molar-refractivity contribution in [2.45, 2.75) is 51.5 Å². The molecule has 2 saturated heterocycles. The summed E-state index contributed by atoms with van der Waals surface area (Å²) in [6.45, 7) is 7.80. The van der Waals surface area contributed by atoms with Crippen molar-refractivity contribution in [2.75, 3.05) is 56.9 Å². The van der Waals surface area contributed by atoms with E-state index in [0.717, 1.165) is 66.8 Å². The summed E-state index contributed by atoms with van der Waals surface area (Å²) in [7, 11) is 1.69.